The minimum absolute atomic E-state index is 0.0592. The van der Waals surface area contributed by atoms with Crippen LogP contribution in [0.25, 0.3) is 0 Å². The monoisotopic (exact) mass is 415 g/mol. The van der Waals surface area contributed by atoms with E-state index < -0.39 is 0 Å². The average Bonchev–Trinajstić information content (AvgIpc) is 3.30. The lowest BCUT2D eigenvalue weighted by molar-refractivity contribution is 0.110. The van der Waals surface area contributed by atoms with Crippen molar-refractivity contribution >= 4 is 11.7 Å². The molecule has 2 amide bonds. The Kier molecular flexibility index (Phi) is 5.55. The molecule has 2 aliphatic heterocycles. The lowest BCUT2D eigenvalue weighted by Gasteiger charge is -2.41. The topological polar surface area (TPSA) is 93.0 Å². The maximum absolute atomic E-state index is 12.9. The number of hydrogen-bond acceptors (Lipinski definition) is 7. The number of ether oxygens (including phenoxy) is 2. The molecule has 2 saturated heterocycles. The number of aryl methyl sites for hydroxylation is 1. The molecule has 3 heterocycles. The summed E-state index contributed by atoms with van der Waals surface area (Å²) in [5, 5.41) is 11.3. The number of urea groups is 1. The van der Waals surface area contributed by atoms with Gasteiger partial charge in [-0.1, -0.05) is 0 Å². The smallest absolute Gasteiger partial charge is 0.321 e. The van der Waals surface area contributed by atoms with Crippen molar-refractivity contribution in [2.75, 3.05) is 52.8 Å². The van der Waals surface area contributed by atoms with Crippen molar-refractivity contribution in [3.63, 3.8) is 0 Å². The van der Waals surface area contributed by atoms with Gasteiger partial charge in [-0.25, -0.2) is 4.79 Å². The highest BCUT2D eigenvalue weighted by molar-refractivity contribution is 5.90. The van der Waals surface area contributed by atoms with E-state index >= 15 is 0 Å². The van der Waals surface area contributed by atoms with Crippen molar-refractivity contribution in [2.24, 2.45) is 5.41 Å². The molecule has 30 heavy (non-hydrogen) atoms. The van der Waals surface area contributed by atoms with E-state index in [-0.39, 0.29) is 17.4 Å². The van der Waals surface area contributed by atoms with Crippen molar-refractivity contribution in [3.05, 3.63) is 30.0 Å². The number of nitrogens with zero attached hydrogens (tertiary/aromatic N) is 4. The molecule has 1 N–H and O–H groups in total. The number of nitrogens with one attached hydrogen (secondary N) is 1. The van der Waals surface area contributed by atoms with Crippen LogP contribution < -0.4 is 14.8 Å². The Hall–Kier alpha value is -2.81. The predicted molar refractivity (Wildman–Crippen MR) is 111 cm³/mol. The maximum atomic E-state index is 12.9. The molecule has 0 radical (unpaired) electrons. The highest BCUT2D eigenvalue weighted by Gasteiger charge is 2.50. The molecule has 2 aliphatic rings. The molecule has 4 rings (SSSR count). The van der Waals surface area contributed by atoms with E-state index in [1.807, 2.05) is 11.8 Å². The Bertz CT molecular complexity index is 884. The van der Waals surface area contributed by atoms with Gasteiger partial charge in [0.1, 0.15) is 11.5 Å². The third-order valence-corrected chi connectivity index (χ3v) is 6.31. The number of rotatable bonds is 4. The summed E-state index contributed by atoms with van der Waals surface area (Å²) in [6.07, 6.45) is 1.80. The van der Waals surface area contributed by atoms with Gasteiger partial charge in [-0.2, -0.15) is 0 Å². The van der Waals surface area contributed by atoms with Gasteiger partial charge in [0.05, 0.1) is 20.1 Å². The second kappa shape index (κ2) is 8.14. The summed E-state index contributed by atoms with van der Waals surface area (Å²) >= 11 is 0. The summed E-state index contributed by atoms with van der Waals surface area (Å²) in [5.74, 6) is 2.79. The zero-order valence-electron chi connectivity index (χ0n) is 18.0. The number of aromatic nitrogens is 2. The number of carbonyl (C=O) groups is 1. The molecule has 162 valence electrons. The molecule has 1 spiro atoms. The summed E-state index contributed by atoms with van der Waals surface area (Å²) < 4.78 is 16.3. The molecule has 9 heteroatoms. The molecule has 1 unspecified atom stereocenters. The summed E-state index contributed by atoms with van der Waals surface area (Å²) in [5.41, 5.74) is 0.709. The van der Waals surface area contributed by atoms with Crippen LogP contribution in [0.1, 0.15) is 30.5 Å². The Balaban J connectivity index is 1.43. The summed E-state index contributed by atoms with van der Waals surface area (Å²) in [4.78, 5) is 17.1. The van der Waals surface area contributed by atoms with E-state index in [0.29, 0.717) is 36.2 Å². The Labute approximate surface area is 176 Å². The highest BCUT2D eigenvalue weighted by atomic mass is 16.5. The number of likely N-dealkylation sites (N-methyl/N-ethyl adjacent to an activating group) is 1. The molecule has 2 aromatic rings. The molecular weight excluding hydrogens is 386 g/mol. The number of likely N-dealkylation sites (tertiary alicyclic amines) is 2. The van der Waals surface area contributed by atoms with Gasteiger partial charge in [-0.05, 0) is 25.3 Å². The number of amides is 2. The van der Waals surface area contributed by atoms with Gasteiger partial charge in [0, 0.05) is 57.0 Å². The lowest BCUT2D eigenvalue weighted by atomic mass is 9.71. The first-order chi connectivity index (χ1) is 14.4. The van der Waals surface area contributed by atoms with Crippen LogP contribution in [0.15, 0.2) is 22.6 Å². The van der Waals surface area contributed by atoms with Crippen molar-refractivity contribution < 1.29 is 18.7 Å². The van der Waals surface area contributed by atoms with Crippen molar-refractivity contribution in [3.8, 4) is 11.5 Å². The SMILES string of the molecule is COc1cc(NC(=O)N2CCC3(CC2)CN(C)CC3c2nnc(C)o2)cc(OC)c1. The Morgan fingerprint density at radius 2 is 1.83 bits per heavy atom. The van der Waals surface area contributed by atoms with Crippen LogP contribution in [0, 0.1) is 12.3 Å². The standard InChI is InChI=1S/C21H29N5O4/c1-14-23-24-19(30-14)18-12-25(2)13-21(18)5-7-26(8-6-21)20(27)22-15-9-16(28-3)11-17(10-15)29-4/h9-11,18H,5-8,12-13H2,1-4H3,(H,22,27). The van der Waals surface area contributed by atoms with Gasteiger partial charge >= 0.3 is 6.03 Å². The quantitative estimate of drug-likeness (QED) is 0.821. The number of methoxy groups -OCH3 is 2. The molecule has 2 fully saturated rings. The first-order valence-corrected chi connectivity index (χ1v) is 10.2. The second-order valence-corrected chi connectivity index (χ2v) is 8.29. The third kappa shape index (κ3) is 3.94. The van der Waals surface area contributed by atoms with E-state index in [9.17, 15) is 4.79 Å². The minimum atomic E-state index is -0.114. The molecule has 1 atom stereocenters. The molecular formula is C21H29N5O4. The lowest BCUT2D eigenvalue weighted by Crippen LogP contribution is -2.47. The normalized spacial score (nSPS) is 21.1. The number of benzene rings is 1. The minimum Gasteiger partial charge on any atom is -0.497 e. The third-order valence-electron chi connectivity index (χ3n) is 6.31. The van der Waals surface area contributed by atoms with Crippen LogP contribution in [-0.4, -0.2) is 73.5 Å². The van der Waals surface area contributed by atoms with Crippen molar-refractivity contribution in [1.82, 2.24) is 20.0 Å². The maximum Gasteiger partial charge on any atom is 0.321 e. The Morgan fingerprint density at radius 1 is 1.17 bits per heavy atom. The first-order valence-electron chi connectivity index (χ1n) is 10.2. The molecule has 0 aliphatic carbocycles. The van der Waals surface area contributed by atoms with Crippen molar-refractivity contribution in [1.29, 1.82) is 0 Å². The van der Waals surface area contributed by atoms with Gasteiger partial charge in [0.15, 0.2) is 0 Å². The van der Waals surface area contributed by atoms with Gasteiger partial charge in [0.25, 0.3) is 0 Å². The molecule has 1 aromatic carbocycles. The zero-order chi connectivity index (χ0) is 21.3. The van der Waals surface area contributed by atoms with E-state index in [1.165, 1.54) is 0 Å². The Morgan fingerprint density at radius 3 is 2.40 bits per heavy atom. The van der Waals surface area contributed by atoms with Crippen LogP contribution in [0.5, 0.6) is 11.5 Å². The van der Waals surface area contributed by atoms with Gasteiger partial charge in [-0.15, -0.1) is 10.2 Å². The van der Waals surface area contributed by atoms with Crippen LogP contribution >= 0.6 is 0 Å². The van der Waals surface area contributed by atoms with Crippen LogP contribution in [0.4, 0.5) is 10.5 Å². The number of piperidine rings is 1. The van der Waals surface area contributed by atoms with E-state index in [4.69, 9.17) is 13.9 Å². The summed E-state index contributed by atoms with van der Waals surface area (Å²) in [7, 11) is 5.30. The first kappa shape index (κ1) is 20.5. The summed E-state index contributed by atoms with van der Waals surface area (Å²) in [6.45, 7) is 5.07. The number of carbonyl (C=O) groups excluding carboxylic acids is 1. The zero-order valence-corrected chi connectivity index (χ0v) is 18.0. The fraction of sp³-hybridized carbons (Fsp3) is 0.571. The molecule has 1 aromatic heterocycles. The largest absolute Gasteiger partial charge is 0.497 e. The molecule has 0 saturated carbocycles. The molecule has 9 nitrogen and oxygen atoms in total. The van der Waals surface area contributed by atoms with E-state index in [0.717, 1.165) is 31.8 Å². The van der Waals surface area contributed by atoms with Crippen molar-refractivity contribution in [2.45, 2.75) is 25.7 Å². The summed E-state index contributed by atoms with van der Waals surface area (Å²) in [6, 6.07) is 5.23. The van der Waals surface area contributed by atoms with Gasteiger partial charge in [-0.3, -0.25) is 0 Å². The highest BCUT2D eigenvalue weighted by Crippen LogP contribution is 2.49. The molecule has 0 bridgehead atoms. The fourth-order valence-electron chi connectivity index (χ4n) is 4.75. The predicted octanol–water partition coefficient (Wildman–Crippen LogP) is 2.74. The van der Waals surface area contributed by atoms with E-state index in [2.05, 4.69) is 27.5 Å². The number of anilines is 1. The number of hydrogen-bond donors (Lipinski definition) is 1. The van der Waals surface area contributed by atoms with E-state index in [1.54, 1.807) is 32.4 Å². The second-order valence-electron chi connectivity index (χ2n) is 8.29. The average molecular weight is 415 g/mol. The van der Waals surface area contributed by atoms with Crippen LogP contribution in [0.2, 0.25) is 0 Å². The van der Waals surface area contributed by atoms with Gasteiger partial charge in [0.2, 0.25) is 11.8 Å². The fourth-order valence-corrected chi connectivity index (χ4v) is 4.75. The van der Waals surface area contributed by atoms with Gasteiger partial charge < -0.3 is 29.0 Å². The van der Waals surface area contributed by atoms with Crippen LogP contribution in [-0.2, 0) is 0 Å². The van der Waals surface area contributed by atoms with Crippen LogP contribution in [0.3, 0.4) is 0 Å².